The average Bonchev–Trinajstić information content (AvgIpc) is 1.82. The Morgan fingerprint density at radius 1 is 1.08 bits per heavy atom. The highest BCUT2D eigenvalue weighted by Crippen LogP contribution is 2.41. The van der Waals surface area contributed by atoms with Crippen molar-refractivity contribution < 1.29 is 0 Å². The zero-order valence-corrected chi connectivity index (χ0v) is 9.14. The smallest absolute Gasteiger partial charge is 0.0386 e. The molecule has 0 radical (unpaired) electrons. The minimum Gasteiger partial charge on any atom is -0.0628 e. The van der Waals surface area contributed by atoms with Crippen molar-refractivity contribution in [2.75, 3.05) is 0 Å². The van der Waals surface area contributed by atoms with Crippen LogP contribution >= 0.6 is 0 Å². The first-order chi connectivity index (χ1) is 5.59. The molecule has 0 aromatic heterocycles. The zero-order chi connectivity index (χ0) is 9.14. The second-order valence-electron chi connectivity index (χ2n) is 5.31. The largest absolute Gasteiger partial charge is 0.0628 e. The molecule has 0 saturated heterocycles. The zero-order valence-electron chi connectivity index (χ0n) is 9.14. The molecule has 0 spiro atoms. The summed E-state index contributed by atoms with van der Waals surface area (Å²) in [6, 6.07) is 0. The monoisotopic (exact) mass is 168 g/mol. The first kappa shape index (κ1) is 10.1. The predicted molar refractivity (Wildman–Crippen MR) is 55.1 cm³/mol. The van der Waals surface area contributed by atoms with Crippen LogP contribution in [0.5, 0.6) is 0 Å². The summed E-state index contributed by atoms with van der Waals surface area (Å²) in [5.41, 5.74) is 0. The highest BCUT2D eigenvalue weighted by molar-refractivity contribution is 4.81. The molecule has 0 unspecified atom stereocenters. The molecular formula is C12H24. The van der Waals surface area contributed by atoms with Gasteiger partial charge in [-0.15, -0.1) is 0 Å². The lowest BCUT2D eigenvalue weighted by molar-refractivity contribution is 0.128. The van der Waals surface area contributed by atoms with Crippen LogP contribution in [0.15, 0.2) is 0 Å². The quantitative estimate of drug-likeness (QED) is 0.592. The van der Waals surface area contributed by atoms with Gasteiger partial charge in [0.2, 0.25) is 0 Å². The Bertz CT molecular complexity index is 115. The molecule has 0 nitrogen and oxygen atoms in total. The van der Waals surface area contributed by atoms with Gasteiger partial charge in [-0.2, -0.15) is 0 Å². The van der Waals surface area contributed by atoms with Gasteiger partial charge in [0.1, 0.15) is 0 Å². The molecule has 0 atom stereocenters. The van der Waals surface area contributed by atoms with Crippen molar-refractivity contribution in [2.24, 2.45) is 23.7 Å². The lowest BCUT2D eigenvalue weighted by Crippen LogP contribution is -2.27. The fourth-order valence-corrected chi connectivity index (χ4v) is 2.14. The van der Waals surface area contributed by atoms with Gasteiger partial charge in [0, 0.05) is 0 Å². The van der Waals surface area contributed by atoms with Crippen LogP contribution < -0.4 is 0 Å². The minimum atomic E-state index is 0.906. The standard InChI is InChI=1S/C12H24/c1-9(2)5-6-11-7-12(8-11)10(3)4/h9-12H,5-8H2,1-4H3. The Kier molecular flexibility index (Phi) is 3.61. The van der Waals surface area contributed by atoms with E-state index in [2.05, 4.69) is 27.7 Å². The van der Waals surface area contributed by atoms with E-state index in [-0.39, 0.29) is 0 Å². The van der Waals surface area contributed by atoms with Gasteiger partial charge in [0.05, 0.1) is 0 Å². The van der Waals surface area contributed by atoms with Crippen LogP contribution in [0.2, 0.25) is 0 Å². The summed E-state index contributed by atoms with van der Waals surface area (Å²) < 4.78 is 0. The second-order valence-corrected chi connectivity index (χ2v) is 5.31. The molecular weight excluding hydrogens is 144 g/mol. The summed E-state index contributed by atoms with van der Waals surface area (Å²) in [7, 11) is 0. The molecule has 72 valence electrons. The van der Waals surface area contributed by atoms with E-state index in [1.54, 1.807) is 0 Å². The fraction of sp³-hybridized carbons (Fsp3) is 1.00. The average molecular weight is 168 g/mol. The van der Waals surface area contributed by atoms with E-state index in [9.17, 15) is 0 Å². The minimum absolute atomic E-state index is 0.906. The van der Waals surface area contributed by atoms with Crippen molar-refractivity contribution in [3.63, 3.8) is 0 Å². The molecule has 12 heavy (non-hydrogen) atoms. The maximum absolute atomic E-state index is 2.36. The van der Waals surface area contributed by atoms with Gasteiger partial charge in [0.15, 0.2) is 0 Å². The van der Waals surface area contributed by atoms with Gasteiger partial charge in [0.25, 0.3) is 0 Å². The number of hydrogen-bond acceptors (Lipinski definition) is 0. The Labute approximate surface area is 77.7 Å². The normalized spacial score (nSPS) is 29.5. The topological polar surface area (TPSA) is 0 Å². The third-order valence-electron chi connectivity index (χ3n) is 3.37. The van der Waals surface area contributed by atoms with Crippen LogP contribution in [0, 0.1) is 23.7 Å². The Morgan fingerprint density at radius 3 is 2.08 bits per heavy atom. The van der Waals surface area contributed by atoms with Gasteiger partial charge in [-0.25, -0.2) is 0 Å². The molecule has 0 heteroatoms. The molecule has 0 aliphatic heterocycles. The van der Waals surface area contributed by atoms with E-state index >= 15 is 0 Å². The lowest BCUT2D eigenvalue weighted by atomic mass is 9.67. The van der Waals surface area contributed by atoms with Gasteiger partial charge >= 0.3 is 0 Å². The Balaban J connectivity index is 2.02. The van der Waals surface area contributed by atoms with Crippen LogP contribution in [-0.2, 0) is 0 Å². The van der Waals surface area contributed by atoms with E-state index in [1.807, 2.05) is 0 Å². The van der Waals surface area contributed by atoms with Gasteiger partial charge in [-0.1, -0.05) is 40.5 Å². The van der Waals surface area contributed by atoms with Crippen molar-refractivity contribution in [1.82, 2.24) is 0 Å². The van der Waals surface area contributed by atoms with Gasteiger partial charge < -0.3 is 0 Å². The molecule has 0 aromatic rings. The van der Waals surface area contributed by atoms with Crippen molar-refractivity contribution in [1.29, 1.82) is 0 Å². The maximum atomic E-state index is 2.36. The first-order valence-corrected chi connectivity index (χ1v) is 5.59. The molecule has 1 fully saturated rings. The predicted octanol–water partition coefficient (Wildman–Crippen LogP) is 4.10. The molecule has 0 amide bonds. The molecule has 1 rings (SSSR count). The highest BCUT2D eigenvalue weighted by atomic mass is 14.4. The van der Waals surface area contributed by atoms with Crippen molar-refractivity contribution in [3.8, 4) is 0 Å². The lowest BCUT2D eigenvalue weighted by Gasteiger charge is -2.38. The van der Waals surface area contributed by atoms with Crippen molar-refractivity contribution in [3.05, 3.63) is 0 Å². The Morgan fingerprint density at radius 2 is 1.67 bits per heavy atom. The SMILES string of the molecule is CC(C)CCC1CC(C(C)C)C1. The van der Waals surface area contributed by atoms with E-state index in [1.165, 1.54) is 25.7 Å². The number of hydrogen-bond donors (Lipinski definition) is 0. The third-order valence-corrected chi connectivity index (χ3v) is 3.37. The third kappa shape index (κ3) is 2.80. The second kappa shape index (κ2) is 4.30. The van der Waals surface area contributed by atoms with Crippen LogP contribution in [0.3, 0.4) is 0 Å². The molecule has 1 aliphatic rings. The van der Waals surface area contributed by atoms with E-state index < -0.39 is 0 Å². The van der Waals surface area contributed by atoms with Crippen LogP contribution in [0.1, 0.15) is 53.4 Å². The first-order valence-electron chi connectivity index (χ1n) is 5.59. The van der Waals surface area contributed by atoms with Crippen LogP contribution in [0.4, 0.5) is 0 Å². The molecule has 1 aliphatic carbocycles. The maximum Gasteiger partial charge on any atom is -0.0386 e. The summed E-state index contributed by atoms with van der Waals surface area (Å²) in [6.45, 7) is 9.39. The summed E-state index contributed by atoms with van der Waals surface area (Å²) in [5, 5.41) is 0. The van der Waals surface area contributed by atoms with Gasteiger partial charge in [-0.05, 0) is 36.5 Å². The summed E-state index contributed by atoms with van der Waals surface area (Å²) >= 11 is 0. The van der Waals surface area contributed by atoms with E-state index in [0.717, 1.165) is 23.7 Å². The molecule has 0 N–H and O–H groups in total. The van der Waals surface area contributed by atoms with E-state index in [4.69, 9.17) is 0 Å². The fourth-order valence-electron chi connectivity index (χ4n) is 2.14. The van der Waals surface area contributed by atoms with E-state index in [0.29, 0.717) is 0 Å². The highest BCUT2D eigenvalue weighted by Gasteiger charge is 2.30. The molecule has 0 heterocycles. The number of rotatable bonds is 4. The summed E-state index contributed by atoms with van der Waals surface area (Å²) in [4.78, 5) is 0. The molecule has 0 bridgehead atoms. The van der Waals surface area contributed by atoms with Crippen molar-refractivity contribution in [2.45, 2.75) is 53.4 Å². The molecule has 0 aromatic carbocycles. The Hall–Kier alpha value is 0. The van der Waals surface area contributed by atoms with Gasteiger partial charge in [-0.3, -0.25) is 0 Å². The van der Waals surface area contributed by atoms with Crippen LogP contribution in [0.25, 0.3) is 0 Å². The summed E-state index contributed by atoms with van der Waals surface area (Å²) in [5.74, 6) is 3.98. The summed E-state index contributed by atoms with van der Waals surface area (Å²) in [6.07, 6.45) is 5.96. The van der Waals surface area contributed by atoms with Crippen molar-refractivity contribution >= 4 is 0 Å². The van der Waals surface area contributed by atoms with Crippen LogP contribution in [-0.4, -0.2) is 0 Å². The molecule has 1 saturated carbocycles.